The number of rotatable bonds is 32. The van der Waals surface area contributed by atoms with Crippen LogP contribution in [0.4, 0.5) is 0 Å². The van der Waals surface area contributed by atoms with Gasteiger partial charge in [0.15, 0.2) is 0 Å². The fourth-order valence-electron chi connectivity index (χ4n) is 6.33. The summed E-state index contributed by atoms with van der Waals surface area (Å²) in [5.74, 6) is 1.61. The number of aromatic nitrogens is 2. The average Bonchev–Trinajstić information content (AvgIpc) is 3.35. The van der Waals surface area contributed by atoms with E-state index in [-0.39, 0.29) is 0 Å². The van der Waals surface area contributed by atoms with Crippen LogP contribution >= 0.6 is 0 Å². The summed E-state index contributed by atoms with van der Waals surface area (Å²) in [7, 11) is 0. The van der Waals surface area contributed by atoms with Crippen LogP contribution in [0.2, 0.25) is 0 Å². The molecule has 0 aliphatic heterocycles. The first kappa shape index (κ1) is 37.2. The Bertz CT molecular complexity index is 619. The molecule has 1 aromatic heterocycles. The molecule has 0 amide bonds. The third-order valence-corrected chi connectivity index (χ3v) is 9.10. The first-order valence-electron chi connectivity index (χ1n) is 18.9. The number of aryl methyl sites for hydroxylation is 2. The van der Waals surface area contributed by atoms with E-state index in [0.29, 0.717) is 0 Å². The minimum absolute atomic E-state index is 1.22. The van der Waals surface area contributed by atoms with E-state index >= 15 is 0 Å². The summed E-state index contributed by atoms with van der Waals surface area (Å²) in [5.41, 5.74) is 0. The molecule has 0 aliphatic carbocycles. The first-order valence-corrected chi connectivity index (χ1v) is 18.9. The summed E-state index contributed by atoms with van der Waals surface area (Å²) in [5, 5.41) is 0. The van der Waals surface area contributed by atoms with Gasteiger partial charge in [-0.3, -0.25) is 0 Å². The maximum Gasteiger partial charge on any atom is 0.256 e. The van der Waals surface area contributed by atoms with E-state index < -0.39 is 0 Å². The van der Waals surface area contributed by atoms with Crippen molar-refractivity contribution in [3.05, 3.63) is 18.2 Å². The second-order valence-corrected chi connectivity index (χ2v) is 13.0. The van der Waals surface area contributed by atoms with Crippen LogP contribution in [-0.4, -0.2) is 4.57 Å². The predicted octanol–water partition coefficient (Wildman–Crippen LogP) is 12.7. The molecule has 2 heteroatoms. The van der Waals surface area contributed by atoms with Crippen LogP contribution in [0.15, 0.2) is 12.4 Å². The van der Waals surface area contributed by atoms with Crippen LogP contribution in [0.25, 0.3) is 0 Å². The predicted molar refractivity (Wildman–Crippen MR) is 179 cm³/mol. The molecule has 2 nitrogen and oxygen atoms in total. The maximum absolute atomic E-state index is 2.62. The van der Waals surface area contributed by atoms with Crippen LogP contribution in [0.3, 0.4) is 0 Å². The standard InChI is InChI=1S/C38H75N2/c1-4-7-10-13-15-17-19-21-23-25-27-29-32-35-40-37-36-39(34-31-12-9-6-3)38(40)33-30-28-26-24-22-20-18-16-14-11-8-5-2/h36-37H,4-35H2,1-3H3/q+1. The third kappa shape index (κ3) is 21.9. The Hall–Kier alpha value is -0.790. The van der Waals surface area contributed by atoms with Crippen molar-refractivity contribution in [2.75, 3.05) is 0 Å². The Balaban J connectivity index is 2.20. The molecule has 1 rings (SSSR count). The highest BCUT2D eigenvalue weighted by Gasteiger charge is 2.16. The van der Waals surface area contributed by atoms with Crippen LogP contribution in [0, 0.1) is 0 Å². The van der Waals surface area contributed by atoms with Crippen molar-refractivity contribution in [2.24, 2.45) is 0 Å². The highest BCUT2D eigenvalue weighted by molar-refractivity contribution is 4.84. The van der Waals surface area contributed by atoms with Crippen molar-refractivity contribution in [1.82, 2.24) is 4.57 Å². The van der Waals surface area contributed by atoms with E-state index in [9.17, 15) is 0 Å². The molecule has 0 saturated carbocycles. The number of nitrogens with zero attached hydrogens (tertiary/aromatic N) is 2. The molecule has 0 saturated heterocycles. The zero-order chi connectivity index (χ0) is 28.8. The van der Waals surface area contributed by atoms with Gasteiger partial charge in [0.2, 0.25) is 0 Å². The summed E-state index contributed by atoms with van der Waals surface area (Å²) in [6.45, 7) is 9.39. The molecular formula is C38H75N2+. The molecule has 0 spiro atoms. The van der Waals surface area contributed by atoms with E-state index in [2.05, 4.69) is 42.3 Å². The number of imidazole rings is 1. The zero-order valence-corrected chi connectivity index (χ0v) is 28.2. The van der Waals surface area contributed by atoms with Gasteiger partial charge in [0.1, 0.15) is 12.4 Å². The second kappa shape index (κ2) is 29.7. The first-order chi connectivity index (χ1) is 19.8. The lowest BCUT2D eigenvalue weighted by molar-refractivity contribution is -0.704. The van der Waals surface area contributed by atoms with E-state index in [1.165, 1.54) is 206 Å². The average molecular weight is 560 g/mol. The smallest absolute Gasteiger partial charge is 0.234 e. The highest BCUT2D eigenvalue weighted by Crippen LogP contribution is 2.15. The Morgan fingerprint density at radius 2 is 0.775 bits per heavy atom. The van der Waals surface area contributed by atoms with Gasteiger partial charge in [-0.1, -0.05) is 175 Å². The molecule has 0 aliphatic rings. The van der Waals surface area contributed by atoms with Crippen molar-refractivity contribution in [1.29, 1.82) is 0 Å². The van der Waals surface area contributed by atoms with Gasteiger partial charge in [-0.25, -0.2) is 9.13 Å². The summed E-state index contributed by atoms with van der Waals surface area (Å²) >= 11 is 0. The Labute approximate surface area is 253 Å². The largest absolute Gasteiger partial charge is 0.256 e. The van der Waals surface area contributed by atoms with Crippen molar-refractivity contribution in [2.45, 2.75) is 226 Å². The van der Waals surface area contributed by atoms with Crippen molar-refractivity contribution in [3.63, 3.8) is 0 Å². The van der Waals surface area contributed by atoms with Gasteiger partial charge in [-0.15, -0.1) is 0 Å². The molecule has 0 bridgehead atoms. The molecule has 236 valence electrons. The molecule has 40 heavy (non-hydrogen) atoms. The third-order valence-electron chi connectivity index (χ3n) is 9.10. The summed E-state index contributed by atoms with van der Waals surface area (Å²) in [4.78, 5) is 0. The summed E-state index contributed by atoms with van der Waals surface area (Å²) in [6, 6.07) is 0. The number of unbranched alkanes of at least 4 members (excludes halogenated alkanes) is 26. The van der Waals surface area contributed by atoms with E-state index in [1.807, 2.05) is 0 Å². The Kier molecular flexibility index (Phi) is 27.6. The second-order valence-electron chi connectivity index (χ2n) is 13.0. The monoisotopic (exact) mass is 560 g/mol. The van der Waals surface area contributed by atoms with Gasteiger partial charge in [-0.2, -0.15) is 0 Å². The minimum atomic E-state index is 1.22. The Morgan fingerprint density at radius 1 is 0.425 bits per heavy atom. The van der Waals surface area contributed by atoms with E-state index in [1.54, 1.807) is 5.82 Å². The molecule has 0 unspecified atom stereocenters. The van der Waals surface area contributed by atoms with Gasteiger partial charge in [0.05, 0.1) is 13.1 Å². The van der Waals surface area contributed by atoms with E-state index in [0.717, 1.165) is 0 Å². The molecule has 1 heterocycles. The van der Waals surface area contributed by atoms with Gasteiger partial charge in [0.25, 0.3) is 5.82 Å². The lowest BCUT2D eigenvalue weighted by atomic mass is 10.0. The lowest BCUT2D eigenvalue weighted by Gasteiger charge is -2.07. The van der Waals surface area contributed by atoms with Crippen LogP contribution < -0.4 is 4.57 Å². The topological polar surface area (TPSA) is 8.81 Å². The molecule has 0 N–H and O–H groups in total. The molecule has 1 aromatic rings. The maximum atomic E-state index is 2.62. The lowest BCUT2D eigenvalue weighted by Crippen LogP contribution is -2.37. The van der Waals surface area contributed by atoms with Crippen molar-refractivity contribution in [3.8, 4) is 0 Å². The van der Waals surface area contributed by atoms with Gasteiger partial charge in [0, 0.05) is 6.42 Å². The fourth-order valence-corrected chi connectivity index (χ4v) is 6.33. The quantitative estimate of drug-likeness (QED) is 0.0613. The summed E-state index contributed by atoms with van der Waals surface area (Å²) < 4.78 is 5.23. The number of hydrogen-bond donors (Lipinski definition) is 0. The van der Waals surface area contributed by atoms with Crippen LogP contribution in [0.1, 0.15) is 213 Å². The van der Waals surface area contributed by atoms with Crippen molar-refractivity contribution < 1.29 is 4.57 Å². The Morgan fingerprint density at radius 3 is 1.20 bits per heavy atom. The minimum Gasteiger partial charge on any atom is -0.234 e. The van der Waals surface area contributed by atoms with Crippen LogP contribution in [-0.2, 0) is 19.5 Å². The zero-order valence-electron chi connectivity index (χ0n) is 28.2. The molecule has 0 atom stereocenters. The molecule has 0 aromatic carbocycles. The normalized spacial score (nSPS) is 11.6. The molecule has 0 radical (unpaired) electrons. The summed E-state index contributed by atoms with van der Waals surface area (Å²) in [6.07, 6.45) is 47.4. The van der Waals surface area contributed by atoms with Crippen LogP contribution in [0.5, 0.6) is 0 Å². The SMILES string of the molecule is CCCCCCCCCCCCCCC[n+]1ccn(CCCCCC)c1CCCCCCCCCCCCCC. The van der Waals surface area contributed by atoms with E-state index in [4.69, 9.17) is 0 Å². The van der Waals surface area contributed by atoms with Crippen molar-refractivity contribution >= 4 is 0 Å². The van der Waals surface area contributed by atoms with Gasteiger partial charge in [-0.05, 0) is 32.1 Å². The highest BCUT2D eigenvalue weighted by atomic mass is 15.1. The number of hydrogen-bond acceptors (Lipinski definition) is 0. The van der Waals surface area contributed by atoms with Gasteiger partial charge >= 0.3 is 0 Å². The molecule has 0 fully saturated rings. The fraction of sp³-hybridized carbons (Fsp3) is 0.921. The van der Waals surface area contributed by atoms with Gasteiger partial charge < -0.3 is 0 Å². The molecular weight excluding hydrogens is 484 g/mol.